The Bertz CT molecular complexity index is 377. The van der Waals surface area contributed by atoms with Crippen molar-refractivity contribution in [3.05, 3.63) is 28.8 Å². The van der Waals surface area contributed by atoms with Gasteiger partial charge in [-0.3, -0.25) is 0 Å². The summed E-state index contributed by atoms with van der Waals surface area (Å²) in [6, 6.07) is 4.38. The van der Waals surface area contributed by atoms with Gasteiger partial charge in [0, 0.05) is 12.1 Å². The van der Waals surface area contributed by atoms with Gasteiger partial charge in [-0.1, -0.05) is 17.7 Å². The molecule has 3 heteroatoms. The number of rotatable bonds is 7. The van der Waals surface area contributed by atoms with Crippen LogP contribution in [0.5, 0.6) is 5.75 Å². The zero-order valence-electron chi connectivity index (χ0n) is 12.1. The average Bonchev–Trinajstić information content (AvgIpc) is 2.28. The monoisotopic (exact) mass is 250 g/mol. The predicted octanol–water partition coefficient (Wildman–Crippen LogP) is 2.48. The summed E-state index contributed by atoms with van der Waals surface area (Å²) in [4.78, 5) is 2.33. The van der Waals surface area contributed by atoms with Gasteiger partial charge in [-0.25, -0.2) is 0 Å². The van der Waals surface area contributed by atoms with Crippen LogP contribution in [0.4, 0.5) is 0 Å². The van der Waals surface area contributed by atoms with E-state index in [1.165, 1.54) is 16.7 Å². The summed E-state index contributed by atoms with van der Waals surface area (Å²) in [5, 5.41) is 0. The van der Waals surface area contributed by atoms with E-state index in [1.54, 1.807) is 7.11 Å². The molecular weight excluding hydrogens is 224 g/mol. The Morgan fingerprint density at radius 1 is 1.22 bits per heavy atom. The lowest BCUT2D eigenvalue weighted by atomic mass is 10.0. The Morgan fingerprint density at radius 3 is 2.56 bits per heavy atom. The maximum absolute atomic E-state index is 5.51. The first-order valence-corrected chi connectivity index (χ1v) is 6.61. The average molecular weight is 250 g/mol. The Kier molecular flexibility index (Phi) is 6.16. The molecule has 102 valence electrons. The fourth-order valence-corrected chi connectivity index (χ4v) is 2.35. The first-order chi connectivity index (χ1) is 8.58. The third kappa shape index (κ3) is 4.31. The number of nitrogens with zero attached hydrogens (tertiary/aromatic N) is 1. The molecule has 0 spiro atoms. The van der Waals surface area contributed by atoms with Crippen molar-refractivity contribution in [2.24, 2.45) is 5.73 Å². The standard InChI is InChI=1S/C15H26N2O/c1-12-9-13(2)15(18-4)14(10-12)11-17(3)8-6-5-7-16/h9-10H,5-8,11,16H2,1-4H3. The highest BCUT2D eigenvalue weighted by Gasteiger charge is 2.09. The third-order valence-electron chi connectivity index (χ3n) is 3.13. The number of benzene rings is 1. The molecule has 0 atom stereocenters. The highest BCUT2D eigenvalue weighted by Crippen LogP contribution is 2.26. The third-order valence-corrected chi connectivity index (χ3v) is 3.13. The van der Waals surface area contributed by atoms with Crippen LogP contribution in [0, 0.1) is 13.8 Å². The first-order valence-electron chi connectivity index (χ1n) is 6.61. The Morgan fingerprint density at radius 2 is 1.94 bits per heavy atom. The minimum atomic E-state index is 0.778. The van der Waals surface area contributed by atoms with Gasteiger partial charge in [-0.05, 0) is 52.4 Å². The van der Waals surface area contributed by atoms with Gasteiger partial charge in [-0.2, -0.15) is 0 Å². The minimum absolute atomic E-state index is 0.778. The Labute approximate surface area is 111 Å². The number of nitrogens with two attached hydrogens (primary N) is 1. The molecule has 18 heavy (non-hydrogen) atoms. The van der Waals surface area contributed by atoms with Crippen molar-refractivity contribution in [3.63, 3.8) is 0 Å². The van der Waals surface area contributed by atoms with E-state index in [2.05, 4.69) is 37.9 Å². The lowest BCUT2D eigenvalue weighted by Gasteiger charge is -2.20. The van der Waals surface area contributed by atoms with Crippen molar-refractivity contribution < 1.29 is 4.74 Å². The van der Waals surface area contributed by atoms with E-state index in [-0.39, 0.29) is 0 Å². The second-order valence-corrected chi connectivity index (χ2v) is 5.01. The van der Waals surface area contributed by atoms with Crippen molar-refractivity contribution in [3.8, 4) is 5.75 Å². The second-order valence-electron chi connectivity index (χ2n) is 5.01. The minimum Gasteiger partial charge on any atom is -0.496 e. The van der Waals surface area contributed by atoms with Crippen molar-refractivity contribution >= 4 is 0 Å². The van der Waals surface area contributed by atoms with E-state index in [4.69, 9.17) is 10.5 Å². The van der Waals surface area contributed by atoms with Gasteiger partial charge in [0.25, 0.3) is 0 Å². The van der Waals surface area contributed by atoms with Gasteiger partial charge in [0.1, 0.15) is 5.75 Å². The zero-order valence-corrected chi connectivity index (χ0v) is 12.1. The molecule has 0 heterocycles. The second kappa shape index (κ2) is 7.39. The van der Waals surface area contributed by atoms with E-state index >= 15 is 0 Å². The van der Waals surface area contributed by atoms with Crippen molar-refractivity contribution in [2.45, 2.75) is 33.2 Å². The summed E-state index contributed by atoms with van der Waals surface area (Å²) >= 11 is 0. The van der Waals surface area contributed by atoms with Gasteiger partial charge in [-0.15, -0.1) is 0 Å². The summed E-state index contributed by atoms with van der Waals surface area (Å²) in [5.41, 5.74) is 9.28. The molecule has 0 amide bonds. The number of hydrogen-bond acceptors (Lipinski definition) is 3. The van der Waals surface area contributed by atoms with E-state index < -0.39 is 0 Å². The maximum Gasteiger partial charge on any atom is 0.126 e. The number of methoxy groups -OCH3 is 1. The van der Waals surface area contributed by atoms with E-state index in [0.717, 1.165) is 38.2 Å². The van der Waals surface area contributed by atoms with E-state index in [9.17, 15) is 0 Å². The van der Waals surface area contributed by atoms with Gasteiger partial charge in [0.15, 0.2) is 0 Å². The van der Waals surface area contributed by atoms with Crippen LogP contribution in [0.15, 0.2) is 12.1 Å². The first kappa shape index (κ1) is 15.0. The van der Waals surface area contributed by atoms with E-state index in [0.29, 0.717) is 0 Å². The smallest absolute Gasteiger partial charge is 0.126 e. The molecule has 0 aliphatic carbocycles. The highest BCUT2D eigenvalue weighted by atomic mass is 16.5. The molecule has 0 radical (unpaired) electrons. The molecule has 3 nitrogen and oxygen atoms in total. The molecule has 0 aliphatic heterocycles. The summed E-state index contributed by atoms with van der Waals surface area (Å²) in [6.07, 6.45) is 2.24. The Balaban J connectivity index is 2.70. The van der Waals surface area contributed by atoms with Crippen LogP contribution in [-0.2, 0) is 6.54 Å². The largest absolute Gasteiger partial charge is 0.496 e. The van der Waals surface area contributed by atoms with E-state index in [1.807, 2.05) is 0 Å². The van der Waals surface area contributed by atoms with Gasteiger partial charge in [0.05, 0.1) is 7.11 Å². The van der Waals surface area contributed by atoms with Crippen LogP contribution >= 0.6 is 0 Å². The topological polar surface area (TPSA) is 38.5 Å². The van der Waals surface area contributed by atoms with Crippen molar-refractivity contribution in [1.29, 1.82) is 0 Å². The van der Waals surface area contributed by atoms with Crippen LogP contribution in [-0.4, -0.2) is 32.1 Å². The fraction of sp³-hybridized carbons (Fsp3) is 0.600. The molecule has 0 unspecified atom stereocenters. The number of ether oxygens (including phenoxy) is 1. The van der Waals surface area contributed by atoms with Crippen molar-refractivity contribution in [1.82, 2.24) is 4.90 Å². The molecule has 0 saturated carbocycles. The molecule has 1 aromatic rings. The summed E-state index contributed by atoms with van der Waals surface area (Å²) in [7, 11) is 3.89. The molecule has 0 aliphatic rings. The molecule has 0 bridgehead atoms. The number of hydrogen-bond donors (Lipinski definition) is 1. The lowest BCUT2D eigenvalue weighted by molar-refractivity contribution is 0.310. The molecule has 2 N–H and O–H groups in total. The van der Waals surface area contributed by atoms with Crippen LogP contribution < -0.4 is 10.5 Å². The SMILES string of the molecule is COc1c(C)cc(C)cc1CN(C)CCCCN. The van der Waals surface area contributed by atoms with Gasteiger partial charge in [0.2, 0.25) is 0 Å². The van der Waals surface area contributed by atoms with Gasteiger partial charge < -0.3 is 15.4 Å². The predicted molar refractivity (Wildman–Crippen MR) is 77.1 cm³/mol. The van der Waals surface area contributed by atoms with Crippen molar-refractivity contribution in [2.75, 3.05) is 27.2 Å². The fourth-order valence-electron chi connectivity index (χ4n) is 2.35. The normalized spacial score (nSPS) is 11.0. The molecule has 0 saturated heterocycles. The molecule has 0 aromatic heterocycles. The van der Waals surface area contributed by atoms with Crippen LogP contribution in [0.1, 0.15) is 29.5 Å². The molecule has 1 rings (SSSR count). The highest BCUT2D eigenvalue weighted by molar-refractivity contribution is 5.43. The van der Waals surface area contributed by atoms with Gasteiger partial charge >= 0.3 is 0 Å². The zero-order chi connectivity index (χ0) is 13.5. The summed E-state index contributed by atoms with van der Waals surface area (Å²) < 4.78 is 5.51. The molecule has 1 aromatic carbocycles. The summed E-state index contributed by atoms with van der Waals surface area (Å²) in [6.45, 7) is 7.01. The number of aryl methyl sites for hydroxylation is 2. The number of unbranched alkanes of at least 4 members (excludes halogenated alkanes) is 1. The van der Waals surface area contributed by atoms with Crippen LogP contribution in [0.2, 0.25) is 0 Å². The molecular formula is C15H26N2O. The molecule has 0 fully saturated rings. The lowest BCUT2D eigenvalue weighted by Crippen LogP contribution is -2.20. The van der Waals surface area contributed by atoms with Crippen LogP contribution in [0.25, 0.3) is 0 Å². The summed E-state index contributed by atoms with van der Waals surface area (Å²) in [5.74, 6) is 1.02. The van der Waals surface area contributed by atoms with Crippen LogP contribution in [0.3, 0.4) is 0 Å². The quantitative estimate of drug-likeness (QED) is 0.756. The maximum atomic E-state index is 5.51. The Hall–Kier alpha value is -1.06.